The van der Waals surface area contributed by atoms with Gasteiger partial charge in [-0.05, 0) is 67.0 Å². The minimum absolute atomic E-state index is 0.122. The van der Waals surface area contributed by atoms with Crippen molar-refractivity contribution in [2.75, 3.05) is 32.1 Å². The summed E-state index contributed by atoms with van der Waals surface area (Å²) in [5.74, 6) is -0.308. The molecule has 6 heteroatoms. The summed E-state index contributed by atoms with van der Waals surface area (Å²) >= 11 is 1.65. The van der Waals surface area contributed by atoms with Crippen molar-refractivity contribution in [3.63, 3.8) is 0 Å². The molecule has 1 N–H and O–H groups in total. The molecule has 128 valence electrons. The van der Waals surface area contributed by atoms with Crippen LogP contribution in [0.2, 0.25) is 0 Å². The smallest absolute Gasteiger partial charge is 0.321 e. The van der Waals surface area contributed by atoms with Crippen molar-refractivity contribution in [3.8, 4) is 0 Å². The molecule has 3 rings (SSSR count). The fraction of sp³-hybridized carbons (Fsp3) is 0.389. The van der Waals surface area contributed by atoms with Gasteiger partial charge in [-0.25, -0.2) is 9.18 Å². The van der Waals surface area contributed by atoms with E-state index in [0.717, 1.165) is 18.4 Å². The number of carbonyl (C=O) groups is 1. The quantitative estimate of drug-likeness (QED) is 0.916. The molecule has 1 unspecified atom stereocenters. The van der Waals surface area contributed by atoms with Crippen molar-refractivity contribution in [2.45, 2.75) is 18.9 Å². The Bertz CT molecular complexity index is 702. The first-order valence-electron chi connectivity index (χ1n) is 8.08. The Balaban J connectivity index is 1.71. The first-order valence-corrected chi connectivity index (χ1v) is 9.03. The summed E-state index contributed by atoms with van der Waals surface area (Å²) in [5, 5.41) is 7.15. The molecule has 0 bridgehead atoms. The molecule has 0 fully saturated rings. The highest BCUT2D eigenvalue weighted by Gasteiger charge is 2.24. The van der Waals surface area contributed by atoms with E-state index in [1.165, 1.54) is 17.7 Å². The first-order chi connectivity index (χ1) is 11.6. The highest BCUT2D eigenvalue weighted by Crippen LogP contribution is 2.28. The van der Waals surface area contributed by atoms with E-state index in [-0.39, 0.29) is 17.9 Å². The van der Waals surface area contributed by atoms with E-state index in [4.69, 9.17) is 0 Å². The Morgan fingerprint density at radius 1 is 1.42 bits per heavy atom. The molecule has 1 atom stereocenters. The number of urea groups is 1. The van der Waals surface area contributed by atoms with Gasteiger partial charge in [0.25, 0.3) is 0 Å². The Morgan fingerprint density at radius 3 is 2.96 bits per heavy atom. The summed E-state index contributed by atoms with van der Waals surface area (Å²) in [7, 11) is 4.00. The van der Waals surface area contributed by atoms with Crippen LogP contribution in [0.3, 0.4) is 0 Å². The summed E-state index contributed by atoms with van der Waals surface area (Å²) in [6, 6.07) is 6.72. The van der Waals surface area contributed by atoms with Crippen LogP contribution in [0.5, 0.6) is 0 Å². The van der Waals surface area contributed by atoms with Crippen LogP contribution in [0, 0.1) is 5.82 Å². The van der Waals surface area contributed by atoms with Crippen molar-refractivity contribution in [1.29, 1.82) is 0 Å². The van der Waals surface area contributed by atoms with Crippen molar-refractivity contribution >= 4 is 23.1 Å². The Labute approximate surface area is 145 Å². The number of hydrogen-bond donors (Lipinski definition) is 1. The molecule has 0 saturated heterocycles. The van der Waals surface area contributed by atoms with E-state index in [1.54, 1.807) is 22.3 Å². The normalized spacial score (nSPS) is 15.2. The van der Waals surface area contributed by atoms with Crippen molar-refractivity contribution in [3.05, 3.63) is 52.0 Å². The molecule has 0 aliphatic carbocycles. The molecule has 2 heterocycles. The zero-order valence-electron chi connectivity index (χ0n) is 14.0. The lowest BCUT2D eigenvalue weighted by molar-refractivity contribution is 0.237. The topological polar surface area (TPSA) is 35.6 Å². The van der Waals surface area contributed by atoms with Gasteiger partial charge in [0, 0.05) is 13.1 Å². The Kier molecular flexibility index (Phi) is 5.16. The highest BCUT2D eigenvalue weighted by molar-refractivity contribution is 7.07. The lowest BCUT2D eigenvalue weighted by atomic mass is 10.0. The number of halogens is 1. The molecule has 4 nitrogen and oxygen atoms in total. The standard InChI is InChI=1S/C18H22FN3OS/c1-21(2)17(14-7-9-24-12-14)11-20-18(23)22-8-3-4-13-5-6-15(19)10-16(13)22/h5-7,9-10,12,17H,3-4,8,11H2,1-2H3,(H,20,23). The first kappa shape index (κ1) is 16.9. The van der Waals surface area contributed by atoms with E-state index in [0.29, 0.717) is 18.8 Å². The molecule has 0 spiro atoms. The molecule has 2 amide bonds. The zero-order valence-corrected chi connectivity index (χ0v) is 14.8. The maximum absolute atomic E-state index is 13.6. The van der Waals surface area contributed by atoms with Gasteiger partial charge in [0.1, 0.15) is 5.82 Å². The van der Waals surface area contributed by atoms with Gasteiger partial charge in [0.05, 0.1) is 11.7 Å². The number of carbonyl (C=O) groups excluding carboxylic acids is 1. The highest BCUT2D eigenvalue weighted by atomic mass is 32.1. The van der Waals surface area contributed by atoms with Crippen LogP contribution < -0.4 is 10.2 Å². The van der Waals surface area contributed by atoms with Crippen LogP contribution in [0.15, 0.2) is 35.0 Å². The second kappa shape index (κ2) is 7.32. The van der Waals surface area contributed by atoms with Crippen LogP contribution in [-0.2, 0) is 6.42 Å². The molecular weight excluding hydrogens is 325 g/mol. The van der Waals surface area contributed by atoms with Crippen molar-refractivity contribution in [2.24, 2.45) is 0 Å². The minimum Gasteiger partial charge on any atom is -0.336 e. The van der Waals surface area contributed by atoms with Gasteiger partial charge in [-0.3, -0.25) is 4.90 Å². The predicted molar refractivity (Wildman–Crippen MR) is 96.2 cm³/mol. The van der Waals surface area contributed by atoms with E-state index in [9.17, 15) is 9.18 Å². The summed E-state index contributed by atoms with van der Waals surface area (Å²) in [4.78, 5) is 16.4. The summed E-state index contributed by atoms with van der Waals surface area (Å²) in [6.07, 6.45) is 1.78. The lowest BCUT2D eigenvalue weighted by Gasteiger charge is -2.31. The number of nitrogens with zero attached hydrogens (tertiary/aromatic N) is 2. The van der Waals surface area contributed by atoms with Gasteiger partial charge in [0.2, 0.25) is 0 Å². The van der Waals surface area contributed by atoms with Gasteiger partial charge in [-0.2, -0.15) is 11.3 Å². The SMILES string of the molecule is CN(C)C(CNC(=O)N1CCCc2ccc(F)cc21)c1ccsc1. The number of thiophene rings is 1. The number of aryl methyl sites for hydroxylation is 1. The molecule has 24 heavy (non-hydrogen) atoms. The fourth-order valence-electron chi connectivity index (χ4n) is 3.10. The van der Waals surface area contributed by atoms with Crippen LogP contribution in [-0.4, -0.2) is 38.1 Å². The van der Waals surface area contributed by atoms with E-state index in [2.05, 4.69) is 21.7 Å². The van der Waals surface area contributed by atoms with E-state index >= 15 is 0 Å². The van der Waals surface area contributed by atoms with E-state index in [1.807, 2.05) is 19.5 Å². The maximum Gasteiger partial charge on any atom is 0.321 e. The average Bonchev–Trinajstić information content (AvgIpc) is 3.08. The number of anilines is 1. The number of fused-ring (bicyclic) bond motifs is 1. The van der Waals surface area contributed by atoms with Crippen LogP contribution in [0.25, 0.3) is 0 Å². The summed E-state index contributed by atoms with van der Waals surface area (Å²) in [5.41, 5.74) is 2.91. The van der Waals surface area contributed by atoms with Gasteiger partial charge in [0.15, 0.2) is 0 Å². The molecule has 1 aromatic heterocycles. The monoisotopic (exact) mass is 347 g/mol. The summed E-state index contributed by atoms with van der Waals surface area (Å²) in [6.45, 7) is 1.14. The largest absolute Gasteiger partial charge is 0.336 e. The number of rotatable bonds is 4. The third-order valence-corrected chi connectivity index (χ3v) is 5.11. The zero-order chi connectivity index (χ0) is 17.1. The van der Waals surface area contributed by atoms with Crippen LogP contribution >= 0.6 is 11.3 Å². The average molecular weight is 347 g/mol. The second-order valence-corrected chi connectivity index (χ2v) is 7.03. The van der Waals surface area contributed by atoms with Gasteiger partial charge < -0.3 is 10.2 Å². The van der Waals surface area contributed by atoms with Gasteiger partial charge in [-0.15, -0.1) is 0 Å². The number of amides is 2. The number of nitrogens with one attached hydrogen (secondary N) is 1. The van der Waals surface area contributed by atoms with E-state index < -0.39 is 0 Å². The van der Waals surface area contributed by atoms with Crippen LogP contribution in [0.4, 0.5) is 14.9 Å². The van der Waals surface area contributed by atoms with Gasteiger partial charge in [-0.1, -0.05) is 6.07 Å². The third-order valence-electron chi connectivity index (χ3n) is 4.41. The maximum atomic E-state index is 13.6. The van der Waals surface area contributed by atoms with Crippen LogP contribution in [0.1, 0.15) is 23.6 Å². The van der Waals surface area contributed by atoms with Gasteiger partial charge >= 0.3 is 6.03 Å². The van der Waals surface area contributed by atoms with Crippen molar-refractivity contribution in [1.82, 2.24) is 10.2 Å². The number of hydrogen-bond acceptors (Lipinski definition) is 3. The lowest BCUT2D eigenvalue weighted by Crippen LogP contribution is -2.45. The molecule has 0 saturated carbocycles. The molecule has 1 aliphatic rings. The Hall–Kier alpha value is -1.92. The number of likely N-dealkylation sites (N-methyl/N-ethyl adjacent to an activating group) is 1. The summed E-state index contributed by atoms with van der Waals surface area (Å²) < 4.78 is 13.6. The molecule has 0 radical (unpaired) electrons. The molecule has 1 aliphatic heterocycles. The fourth-order valence-corrected chi connectivity index (χ4v) is 3.81. The second-order valence-electron chi connectivity index (χ2n) is 6.25. The Morgan fingerprint density at radius 2 is 2.25 bits per heavy atom. The minimum atomic E-state index is -0.308. The number of benzene rings is 1. The molecular formula is C18H22FN3OS. The molecule has 1 aromatic carbocycles. The van der Waals surface area contributed by atoms with Crippen molar-refractivity contribution < 1.29 is 9.18 Å². The predicted octanol–water partition coefficient (Wildman–Crippen LogP) is 3.65. The molecule has 2 aromatic rings. The third kappa shape index (κ3) is 3.60.